The Morgan fingerprint density at radius 2 is 2.00 bits per heavy atom. The largest absolute Gasteiger partial charge is 0.497 e. The van der Waals surface area contributed by atoms with Crippen LogP contribution < -0.4 is 14.9 Å². The van der Waals surface area contributed by atoms with Crippen LogP contribution in [0.3, 0.4) is 0 Å². The number of nitrogens with one attached hydrogen (secondary N) is 1. The first-order chi connectivity index (χ1) is 10.0. The van der Waals surface area contributed by atoms with Gasteiger partial charge >= 0.3 is 4.87 Å². The summed E-state index contributed by atoms with van der Waals surface area (Å²) in [6, 6.07) is 7.73. The third-order valence-corrected chi connectivity index (χ3v) is 4.49. The van der Waals surface area contributed by atoms with Gasteiger partial charge < -0.3 is 14.6 Å². The predicted octanol–water partition coefficient (Wildman–Crippen LogP) is 1.74. The molecule has 0 spiro atoms. The van der Waals surface area contributed by atoms with Crippen LogP contribution in [0.15, 0.2) is 29.1 Å². The standard InChI is InChI=1S/C15H18N2O3S/c1-10-13(21-15(19)17(10)2)14(18)16-9-8-11-4-6-12(20-3)7-5-11/h4-7H,8-9H2,1-3H3,(H,16,18). The van der Waals surface area contributed by atoms with Crippen molar-refractivity contribution < 1.29 is 9.53 Å². The topological polar surface area (TPSA) is 60.3 Å². The molecule has 0 aliphatic carbocycles. The molecule has 1 aromatic heterocycles. The Balaban J connectivity index is 1.92. The molecular weight excluding hydrogens is 288 g/mol. The number of ether oxygens (including phenoxy) is 1. The van der Waals surface area contributed by atoms with Gasteiger partial charge in [0.2, 0.25) is 0 Å². The van der Waals surface area contributed by atoms with Gasteiger partial charge in [0.15, 0.2) is 0 Å². The van der Waals surface area contributed by atoms with Crippen LogP contribution >= 0.6 is 11.3 Å². The first-order valence-corrected chi connectivity index (χ1v) is 7.42. The maximum Gasteiger partial charge on any atom is 0.307 e. The van der Waals surface area contributed by atoms with Crippen molar-refractivity contribution in [1.29, 1.82) is 0 Å². The summed E-state index contributed by atoms with van der Waals surface area (Å²) in [7, 11) is 3.30. The average Bonchev–Trinajstić information content (AvgIpc) is 2.75. The number of nitrogens with zero attached hydrogens (tertiary/aromatic N) is 1. The van der Waals surface area contributed by atoms with Gasteiger partial charge in [0.1, 0.15) is 10.6 Å². The Kier molecular flexibility index (Phi) is 4.80. The van der Waals surface area contributed by atoms with E-state index < -0.39 is 0 Å². The lowest BCUT2D eigenvalue weighted by Gasteiger charge is -2.06. The maximum absolute atomic E-state index is 12.0. The molecule has 1 N–H and O–H groups in total. The third-order valence-electron chi connectivity index (χ3n) is 3.36. The van der Waals surface area contributed by atoms with Crippen LogP contribution in [0.4, 0.5) is 0 Å². The second-order valence-corrected chi connectivity index (χ2v) is 5.66. The summed E-state index contributed by atoms with van der Waals surface area (Å²) in [5.41, 5.74) is 1.82. The zero-order valence-electron chi connectivity index (χ0n) is 12.3. The van der Waals surface area contributed by atoms with Gasteiger partial charge in [-0.3, -0.25) is 9.59 Å². The Bertz CT molecular complexity index is 686. The molecule has 5 nitrogen and oxygen atoms in total. The number of carbonyl (C=O) groups excluding carboxylic acids is 1. The van der Waals surface area contributed by atoms with Crippen LogP contribution in [0, 0.1) is 6.92 Å². The highest BCUT2D eigenvalue weighted by Gasteiger charge is 2.15. The second-order valence-electron chi connectivity index (χ2n) is 4.70. The van der Waals surface area contributed by atoms with Gasteiger partial charge in [0, 0.05) is 19.3 Å². The highest BCUT2D eigenvalue weighted by molar-refractivity contribution is 7.11. The molecule has 1 amide bonds. The van der Waals surface area contributed by atoms with Crippen molar-refractivity contribution >= 4 is 17.2 Å². The van der Waals surface area contributed by atoms with Crippen molar-refractivity contribution in [2.45, 2.75) is 13.3 Å². The Morgan fingerprint density at radius 3 is 2.52 bits per heavy atom. The zero-order chi connectivity index (χ0) is 15.4. The van der Waals surface area contributed by atoms with E-state index in [1.165, 1.54) is 4.57 Å². The van der Waals surface area contributed by atoms with Crippen molar-refractivity contribution in [2.24, 2.45) is 7.05 Å². The minimum atomic E-state index is -0.191. The summed E-state index contributed by atoms with van der Waals surface area (Å²) in [4.78, 5) is 23.9. The van der Waals surface area contributed by atoms with E-state index in [-0.39, 0.29) is 10.8 Å². The normalized spacial score (nSPS) is 10.4. The minimum absolute atomic E-state index is 0.118. The van der Waals surface area contributed by atoms with E-state index >= 15 is 0 Å². The predicted molar refractivity (Wildman–Crippen MR) is 83.3 cm³/mol. The summed E-state index contributed by atoms with van der Waals surface area (Å²) >= 11 is 0.979. The second kappa shape index (κ2) is 6.58. The summed E-state index contributed by atoms with van der Waals surface area (Å²) < 4.78 is 6.59. The van der Waals surface area contributed by atoms with E-state index in [9.17, 15) is 9.59 Å². The van der Waals surface area contributed by atoms with Gasteiger partial charge in [-0.1, -0.05) is 23.5 Å². The van der Waals surface area contributed by atoms with Gasteiger partial charge in [0.25, 0.3) is 5.91 Å². The molecular formula is C15H18N2O3S. The SMILES string of the molecule is COc1ccc(CCNC(=O)c2sc(=O)n(C)c2C)cc1. The zero-order valence-corrected chi connectivity index (χ0v) is 13.1. The Morgan fingerprint density at radius 1 is 1.33 bits per heavy atom. The smallest absolute Gasteiger partial charge is 0.307 e. The van der Waals surface area contributed by atoms with Gasteiger partial charge in [0.05, 0.1) is 7.11 Å². The van der Waals surface area contributed by atoms with Crippen LogP contribution in [0.5, 0.6) is 5.75 Å². The number of aromatic nitrogens is 1. The van der Waals surface area contributed by atoms with E-state index in [1.807, 2.05) is 24.3 Å². The highest BCUT2D eigenvalue weighted by Crippen LogP contribution is 2.12. The molecule has 0 atom stereocenters. The summed E-state index contributed by atoms with van der Waals surface area (Å²) in [5, 5.41) is 2.85. The lowest BCUT2D eigenvalue weighted by Crippen LogP contribution is -2.25. The molecule has 112 valence electrons. The van der Waals surface area contributed by atoms with E-state index in [4.69, 9.17) is 4.74 Å². The molecule has 0 aliphatic heterocycles. The number of carbonyl (C=O) groups is 1. The van der Waals surface area contributed by atoms with Crippen molar-refractivity contribution in [3.8, 4) is 5.75 Å². The fourth-order valence-corrected chi connectivity index (χ4v) is 2.82. The molecule has 0 aliphatic rings. The molecule has 2 rings (SSSR count). The van der Waals surface area contributed by atoms with Crippen LogP contribution in [0.1, 0.15) is 20.9 Å². The van der Waals surface area contributed by atoms with Gasteiger partial charge in [-0.2, -0.15) is 0 Å². The number of benzene rings is 1. The van der Waals surface area contributed by atoms with Gasteiger partial charge in [-0.15, -0.1) is 0 Å². The van der Waals surface area contributed by atoms with Crippen LogP contribution in [-0.2, 0) is 13.5 Å². The van der Waals surface area contributed by atoms with Crippen molar-refractivity contribution in [2.75, 3.05) is 13.7 Å². The van der Waals surface area contributed by atoms with Crippen molar-refractivity contribution in [3.63, 3.8) is 0 Å². The Hall–Kier alpha value is -2.08. The van der Waals surface area contributed by atoms with Gasteiger partial charge in [-0.05, 0) is 31.0 Å². The molecule has 0 fully saturated rings. The fraction of sp³-hybridized carbons (Fsp3) is 0.333. The van der Waals surface area contributed by atoms with E-state index in [0.717, 1.165) is 29.1 Å². The highest BCUT2D eigenvalue weighted by atomic mass is 32.1. The van der Waals surface area contributed by atoms with Crippen LogP contribution in [0.2, 0.25) is 0 Å². The molecule has 0 radical (unpaired) electrons. The number of hydrogen-bond donors (Lipinski definition) is 1. The monoisotopic (exact) mass is 306 g/mol. The number of hydrogen-bond acceptors (Lipinski definition) is 4. The summed E-state index contributed by atoms with van der Waals surface area (Å²) in [5.74, 6) is 0.621. The number of rotatable bonds is 5. The molecule has 1 aromatic carbocycles. The molecule has 0 saturated heterocycles. The van der Waals surface area contributed by atoms with E-state index in [1.54, 1.807) is 21.1 Å². The van der Waals surface area contributed by atoms with Crippen LogP contribution in [0.25, 0.3) is 0 Å². The fourth-order valence-electron chi connectivity index (χ4n) is 1.92. The average molecular weight is 306 g/mol. The quantitative estimate of drug-likeness (QED) is 0.915. The van der Waals surface area contributed by atoms with E-state index in [0.29, 0.717) is 17.1 Å². The molecule has 0 bridgehead atoms. The lowest BCUT2D eigenvalue weighted by atomic mass is 10.1. The molecule has 21 heavy (non-hydrogen) atoms. The molecule has 0 saturated carbocycles. The molecule has 2 aromatic rings. The molecule has 0 unspecified atom stereocenters. The number of thiazole rings is 1. The Labute approximate surface area is 127 Å². The number of methoxy groups -OCH3 is 1. The minimum Gasteiger partial charge on any atom is -0.497 e. The first-order valence-electron chi connectivity index (χ1n) is 6.60. The van der Waals surface area contributed by atoms with Crippen LogP contribution in [-0.4, -0.2) is 24.1 Å². The summed E-state index contributed by atoms with van der Waals surface area (Å²) in [6.07, 6.45) is 0.733. The van der Waals surface area contributed by atoms with Crippen molar-refractivity contribution in [3.05, 3.63) is 50.1 Å². The number of amides is 1. The van der Waals surface area contributed by atoms with E-state index in [2.05, 4.69) is 5.32 Å². The lowest BCUT2D eigenvalue weighted by molar-refractivity contribution is 0.0957. The first kappa shape index (κ1) is 15.3. The van der Waals surface area contributed by atoms with Crippen molar-refractivity contribution in [1.82, 2.24) is 9.88 Å². The maximum atomic E-state index is 12.0. The third kappa shape index (κ3) is 3.52. The van der Waals surface area contributed by atoms with Gasteiger partial charge in [-0.25, -0.2) is 0 Å². The molecule has 1 heterocycles. The summed E-state index contributed by atoms with van der Waals surface area (Å²) in [6.45, 7) is 2.30. The molecule has 6 heteroatoms.